The van der Waals surface area contributed by atoms with Gasteiger partial charge in [-0.15, -0.1) is 0 Å². The molecule has 0 fully saturated rings. The first-order valence-electron chi connectivity index (χ1n) is 5.73. The van der Waals surface area contributed by atoms with Crippen LogP contribution in [0.15, 0.2) is 18.2 Å². The van der Waals surface area contributed by atoms with Gasteiger partial charge in [-0.25, -0.2) is 4.98 Å². The Hall–Kier alpha value is -1.53. The van der Waals surface area contributed by atoms with Gasteiger partial charge in [0.05, 0.1) is 0 Å². The smallest absolute Gasteiger partial charge is 0.438 e. The molecule has 1 aromatic heterocycles. The first-order chi connectivity index (χ1) is 9.66. The Kier molecular flexibility index (Phi) is 4.30. The number of aryl methyl sites for hydroxylation is 2. The number of hydrogen-bond acceptors (Lipinski definition) is 3. The van der Waals surface area contributed by atoms with Crippen LogP contribution in [-0.4, -0.2) is 9.97 Å². The molecule has 0 unspecified atom stereocenters. The van der Waals surface area contributed by atoms with Crippen LogP contribution in [0.1, 0.15) is 17.0 Å². The van der Waals surface area contributed by atoms with Crippen LogP contribution < -0.4 is 4.74 Å². The van der Waals surface area contributed by atoms with Crippen LogP contribution in [0.5, 0.6) is 11.6 Å². The number of nitrogens with zero attached hydrogens (tertiary/aromatic N) is 2. The molecular weight excluding hydrogens is 328 g/mol. The number of ether oxygens (including phenoxy) is 1. The summed E-state index contributed by atoms with van der Waals surface area (Å²) < 4.78 is 43.3. The highest BCUT2D eigenvalue weighted by atomic mass is 35.5. The van der Waals surface area contributed by atoms with Crippen molar-refractivity contribution in [2.75, 3.05) is 0 Å². The molecule has 0 amide bonds. The SMILES string of the molecule is Cc1cc(Cl)cc(C)c1Oc1cc(Cl)nc(C(F)(F)F)n1. The minimum Gasteiger partial charge on any atom is -0.438 e. The minimum atomic E-state index is -4.70. The first kappa shape index (κ1) is 15.9. The van der Waals surface area contributed by atoms with E-state index in [9.17, 15) is 13.2 Å². The van der Waals surface area contributed by atoms with E-state index >= 15 is 0 Å². The lowest BCUT2D eigenvalue weighted by Crippen LogP contribution is -2.11. The zero-order valence-electron chi connectivity index (χ0n) is 10.9. The molecular formula is C13H9Cl2F3N2O. The molecule has 112 valence electrons. The third kappa shape index (κ3) is 3.77. The fourth-order valence-electron chi connectivity index (χ4n) is 1.74. The monoisotopic (exact) mass is 336 g/mol. The van der Waals surface area contributed by atoms with Crippen molar-refractivity contribution < 1.29 is 17.9 Å². The highest BCUT2D eigenvalue weighted by Crippen LogP contribution is 2.33. The third-order valence-electron chi connectivity index (χ3n) is 2.56. The van der Waals surface area contributed by atoms with Crippen LogP contribution >= 0.6 is 23.2 Å². The average Bonchev–Trinajstić information content (AvgIpc) is 2.32. The van der Waals surface area contributed by atoms with Gasteiger partial charge >= 0.3 is 6.18 Å². The van der Waals surface area contributed by atoms with Crippen molar-refractivity contribution >= 4 is 23.2 Å². The first-order valence-corrected chi connectivity index (χ1v) is 6.49. The molecule has 0 saturated heterocycles. The summed E-state index contributed by atoms with van der Waals surface area (Å²) in [6.07, 6.45) is -4.70. The summed E-state index contributed by atoms with van der Waals surface area (Å²) in [5.74, 6) is -1.26. The summed E-state index contributed by atoms with van der Waals surface area (Å²) in [5.41, 5.74) is 1.34. The Bertz CT molecular complexity index is 667. The molecule has 2 rings (SSSR count). The van der Waals surface area contributed by atoms with E-state index in [0.717, 1.165) is 6.07 Å². The average molecular weight is 337 g/mol. The number of alkyl halides is 3. The highest BCUT2D eigenvalue weighted by molar-refractivity contribution is 6.30. The van der Waals surface area contributed by atoms with Gasteiger partial charge in [-0.05, 0) is 37.1 Å². The summed E-state index contributed by atoms with van der Waals surface area (Å²) in [6.45, 7) is 3.45. The standard InChI is InChI=1S/C13H9Cl2F3N2O/c1-6-3-8(14)4-7(2)11(6)21-10-5-9(15)19-12(20-10)13(16,17)18/h3-5H,1-2H3. The molecule has 21 heavy (non-hydrogen) atoms. The van der Waals surface area contributed by atoms with Crippen molar-refractivity contribution in [3.63, 3.8) is 0 Å². The van der Waals surface area contributed by atoms with Crippen LogP contribution in [0.4, 0.5) is 13.2 Å². The van der Waals surface area contributed by atoms with Crippen LogP contribution in [0.3, 0.4) is 0 Å². The van der Waals surface area contributed by atoms with Gasteiger partial charge in [-0.2, -0.15) is 18.2 Å². The van der Waals surface area contributed by atoms with Gasteiger partial charge in [0.2, 0.25) is 11.7 Å². The molecule has 1 aromatic carbocycles. The van der Waals surface area contributed by atoms with Crippen molar-refractivity contribution in [3.05, 3.63) is 45.3 Å². The Morgan fingerprint density at radius 2 is 1.57 bits per heavy atom. The molecule has 0 spiro atoms. The molecule has 1 heterocycles. The van der Waals surface area contributed by atoms with Crippen LogP contribution in [-0.2, 0) is 6.18 Å². The molecule has 8 heteroatoms. The maximum Gasteiger partial charge on any atom is 0.451 e. The van der Waals surface area contributed by atoms with E-state index in [-0.39, 0.29) is 11.0 Å². The lowest BCUT2D eigenvalue weighted by Gasteiger charge is -2.13. The van der Waals surface area contributed by atoms with E-state index in [1.807, 2.05) is 0 Å². The van der Waals surface area contributed by atoms with E-state index in [1.54, 1.807) is 26.0 Å². The van der Waals surface area contributed by atoms with E-state index in [2.05, 4.69) is 9.97 Å². The van der Waals surface area contributed by atoms with Gasteiger partial charge < -0.3 is 4.74 Å². The molecule has 0 N–H and O–H groups in total. The number of halogens is 5. The van der Waals surface area contributed by atoms with Gasteiger partial charge in [-0.3, -0.25) is 0 Å². The summed E-state index contributed by atoms with van der Waals surface area (Å²) in [7, 11) is 0. The van der Waals surface area contributed by atoms with Crippen molar-refractivity contribution in [1.29, 1.82) is 0 Å². The van der Waals surface area contributed by atoms with E-state index in [4.69, 9.17) is 27.9 Å². The Labute approximate surface area is 128 Å². The largest absolute Gasteiger partial charge is 0.451 e. The lowest BCUT2D eigenvalue weighted by atomic mass is 10.1. The van der Waals surface area contributed by atoms with Crippen molar-refractivity contribution in [2.45, 2.75) is 20.0 Å². The van der Waals surface area contributed by atoms with E-state index < -0.39 is 12.0 Å². The van der Waals surface area contributed by atoms with Crippen LogP contribution in [0.25, 0.3) is 0 Å². The Balaban J connectivity index is 2.43. The normalized spacial score (nSPS) is 11.6. The molecule has 0 bridgehead atoms. The summed E-state index contributed by atoms with van der Waals surface area (Å²) in [5, 5.41) is 0.158. The summed E-state index contributed by atoms with van der Waals surface area (Å²) >= 11 is 11.5. The maximum absolute atomic E-state index is 12.6. The van der Waals surface area contributed by atoms with Gasteiger partial charge in [0, 0.05) is 11.1 Å². The molecule has 0 radical (unpaired) electrons. The third-order valence-corrected chi connectivity index (χ3v) is 2.97. The predicted octanol–water partition coefficient (Wildman–Crippen LogP) is 5.21. The topological polar surface area (TPSA) is 35.0 Å². The van der Waals surface area contributed by atoms with E-state index in [0.29, 0.717) is 21.9 Å². The van der Waals surface area contributed by atoms with Crippen molar-refractivity contribution in [3.8, 4) is 11.6 Å². The molecule has 3 nitrogen and oxygen atoms in total. The second-order valence-corrected chi connectivity index (χ2v) is 5.14. The van der Waals surface area contributed by atoms with Crippen LogP contribution in [0, 0.1) is 13.8 Å². The molecule has 0 atom stereocenters. The second-order valence-electron chi connectivity index (χ2n) is 4.32. The predicted molar refractivity (Wildman–Crippen MR) is 73.0 cm³/mol. The zero-order valence-corrected chi connectivity index (χ0v) is 12.4. The van der Waals surface area contributed by atoms with Gasteiger partial charge in [0.15, 0.2) is 0 Å². The van der Waals surface area contributed by atoms with Gasteiger partial charge in [0.25, 0.3) is 0 Å². The van der Waals surface area contributed by atoms with Crippen molar-refractivity contribution in [2.24, 2.45) is 0 Å². The minimum absolute atomic E-state index is 0.282. The van der Waals surface area contributed by atoms with Crippen molar-refractivity contribution in [1.82, 2.24) is 9.97 Å². The van der Waals surface area contributed by atoms with Crippen LogP contribution in [0.2, 0.25) is 10.2 Å². The number of aromatic nitrogens is 2. The molecule has 0 saturated carbocycles. The lowest BCUT2D eigenvalue weighted by molar-refractivity contribution is -0.145. The molecule has 0 aliphatic carbocycles. The van der Waals surface area contributed by atoms with E-state index in [1.165, 1.54) is 0 Å². The molecule has 0 aliphatic heterocycles. The zero-order chi connectivity index (χ0) is 15.8. The van der Waals surface area contributed by atoms with Gasteiger partial charge in [-0.1, -0.05) is 23.2 Å². The number of rotatable bonds is 2. The summed E-state index contributed by atoms with van der Waals surface area (Å²) in [6, 6.07) is 4.39. The number of benzene rings is 1. The fourth-order valence-corrected chi connectivity index (χ4v) is 2.24. The second kappa shape index (κ2) is 5.69. The Morgan fingerprint density at radius 1 is 1.00 bits per heavy atom. The fraction of sp³-hybridized carbons (Fsp3) is 0.231. The number of hydrogen-bond donors (Lipinski definition) is 0. The molecule has 2 aromatic rings. The quantitative estimate of drug-likeness (QED) is 0.706. The van der Waals surface area contributed by atoms with Gasteiger partial charge in [0.1, 0.15) is 10.9 Å². The molecule has 0 aliphatic rings. The highest BCUT2D eigenvalue weighted by Gasteiger charge is 2.35. The Morgan fingerprint density at radius 3 is 2.10 bits per heavy atom. The maximum atomic E-state index is 12.6. The summed E-state index contributed by atoms with van der Waals surface area (Å²) in [4.78, 5) is 6.46.